The highest BCUT2D eigenvalue weighted by Gasteiger charge is 2.22. The van der Waals surface area contributed by atoms with Crippen LogP contribution in [0, 0.1) is 6.92 Å². The average Bonchev–Trinajstić information content (AvgIpc) is 2.53. The molecule has 22 heavy (non-hydrogen) atoms. The fourth-order valence-electron chi connectivity index (χ4n) is 2.49. The van der Waals surface area contributed by atoms with Gasteiger partial charge in [0.05, 0.1) is 20.1 Å². The van der Waals surface area contributed by atoms with E-state index < -0.39 is 11.9 Å². The van der Waals surface area contributed by atoms with Gasteiger partial charge in [-0.15, -0.1) is 0 Å². The molecule has 0 aromatic heterocycles. The van der Waals surface area contributed by atoms with Crippen LogP contribution in [0.25, 0.3) is 0 Å². The Morgan fingerprint density at radius 3 is 2.14 bits per heavy atom. The number of aryl methyl sites for hydroxylation is 1. The molecule has 0 spiro atoms. The smallest absolute Gasteiger partial charge is 0.311 e. The lowest BCUT2D eigenvalue weighted by Crippen LogP contribution is -2.15. The Labute approximate surface area is 130 Å². The number of hydrogen-bond donors (Lipinski definition) is 1. The SMILES string of the molecule is COc1ccc(CC(C(=O)O)c2ccc(OC)cc2C)cc1. The van der Waals surface area contributed by atoms with E-state index in [-0.39, 0.29) is 0 Å². The number of carboxylic acid groups (broad SMARTS) is 1. The molecule has 0 aliphatic heterocycles. The van der Waals surface area contributed by atoms with Crippen molar-refractivity contribution >= 4 is 5.97 Å². The third kappa shape index (κ3) is 3.58. The summed E-state index contributed by atoms with van der Waals surface area (Å²) in [4.78, 5) is 11.7. The molecule has 0 heterocycles. The first-order valence-corrected chi connectivity index (χ1v) is 7.05. The summed E-state index contributed by atoms with van der Waals surface area (Å²) in [5.41, 5.74) is 2.69. The van der Waals surface area contributed by atoms with Crippen LogP contribution in [0.15, 0.2) is 42.5 Å². The normalized spacial score (nSPS) is 11.8. The van der Waals surface area contributed by atoms with Gasteiger partial charge in [0.25, 0.3) is 0 Å². The number of rotatable bonds is 6. The monoisotopic (exact) mass is 300 g/mol. The highest BCUT2D eigenvalue weighted by Crippen LogP contribution is 2.28. The molecule has 0 saturated carbocycles. The van der Waals surface area contributed by atoms with Crippen molar-refractivity contribution in [2.75, 3.05) is 14.2 Å². The average molecular weight is 300 g/mol. The first-order chi connectivity index (χ1) is 10.5. The molecule has 4 nitrogen and oxygen atoms in total. The second kappa shape index (κ2) is 6.98. The summed E-state index contributed by atoms with van der Waals surface area (Å²) in [6.07, 6.45) is 0.437. The van der Waals surface area contributed by atoms with Crippen LogP contribution < -0.4 is 9.47 Å². The number of hydrogen-bond acceptors (Lipinski definition) is 3. The van der Waals surface area contributed by atoms with Crippen LogP contribution in [0.4, 0.5) is 0 Å². The summed E-state index contributed by atoms with van der Waals surface area (Å²) in [5.74, 6) is 0.0782. The zero-order chi connectivity index (χ0) is 16.1. The van der Waals surface area contributed by atoms with E-state index in [1.165, 1.54) is 0 Å². The number of benzene rings is 2. The van der Waals surface area contributed by atoms with Crippen LogP contribution in [0.1, 0.15) is 22.6 Å². The minimum Gasteiger partial charge on any atom is -0.497 e. The summed E-state index contributed by atoms with van der Waals surface area (Å²) in [5, 5.41) is 9.58. The van der Waals surface area contributed by atoms with Crippen molar-refractivity contribution in [1.82, 2.24) is 0 Å². The molecule has 2 aromatic rings. The Kier molecular flexibility index (Phi) is 5.04. The van der Waals surface area contributed by atoms with E-state index in [0.29, 0.717) is 6.42 Å². The molecule has 1 unspecified atom stereocenters. The van der Waals surface area contributed by atoms with Crippen LogP contribution in [-0.4, -0.2) is 25.3 Å². The highest BCUT2D eigenvalue weighted by molar-refractivity contribution is 5.77. The third-order valence-corrected chi connectivity index (χ3v) is 3.75. The van der Waals surface area contributed by atoms with Crippen molar-refractivity contribution in [1.29, 1.82) is 0 Å². The van der Waals surface area contributed by atoms with Gasteiger partial charge < -0.3 is 14.6 Å². The fourth-order valence-corrected chi connectivity index (χ4v) is 2.49. The van der Waals surface area contributed by atoms with Gasteiger partial charge in [-0.1, -0.05) is 18.2 Å². The predicted molar refractivity (Wildman–Crippen MR) is 84.8 cm³/mol. The standard InChI is InChI=1S/C18H20O4/c1-12-10-15(22-3)8-9-16(12)17(18(19)20)11-13-4-6-14(21-2)7-5-13/h4-10,17H,11H2,1-3H3,(H,19,20). The fraction of sp³-hybridized carbons (Fsp3) is 0.278. The minimum atomic E-state index is -0.830. The van der Waals surface area contributed by atoms with E-state index in [1.807, 2.05) is 43.3 Å². The molecule has 0 aliphatic rings. The molecule has 2 rings (SSSR count). The number of aliphatic carboxylic acids is 1. The summed E-state index contributed by atoms with van der Waals surface area (Å²) < 4.78 is 10.3. The van der Waals surface area contributed by atoms with Gasteiger partial charge >= 0.3 is 5.97 Å². The first-order valence-electron chi connectivity index (χ1n) is 7.05. The van der Waals surface area contributed by atoms with Crippen molar-refractivity contribution < 1.29 is 19.4 Å². The Balaban J connectivity index is 2.28. The molecule has 1 atom stereocenters. The zero-order valence-corrected chi connectivity index (χ0v) is 13.0. The summed E-state index contributed by atoms with van der Waals surface area (Å²) in [6.45, 7) is 1.90. The summed E-state index contributed by atoms with van der Waals surface area (Å²) >= 11 is 0. The minimum absolute atomic E-state index is 0.437. The largest absolute Gasteiger partial charge is 0.497 e. The molecular weight excluding hydrogens is 280 g/mol. The van der Waals surface area contributed by atoms with Gasteiger partial charge in [0.15, 0.2) is 0 Å². The molecule has 116 valence electrons. The van der Waals surface area contributed by atoms with Crippen molar-refractivity contribution in [2.24, 2.45) is 0 Å². The van der Waals surface area contributed by atoms with Crippen molar-refractivity contribution in [3.8, 4) is 11.5 Å². The molecular formula is C18H20O4. The van der Waals surface area contributed by atoms with Gasteiger partial charge in [-0.3, -0.25) is 4.79 Å². The zero-order valence-electron chi connectivity index (χ0n) is 13.0. The highest BCUT2D eigenvalue weighted by atomic mass is 16.5. The Morgan fingerprint density at radius 1 is 1.05 bits per heavy atom. The van der Waals surface area contributed by atoms with Crippen molar-refractivity contribution in [2.45, 2.75) is 19.3 Å². The van der Waals surface area contributed by atoms with E-state index in [0.717, 1.165) is 28.2 Å². The second-order valence-electron chi connectivity index (χ2n) is 5.17. The maximum Gasteiger partial charge on any atom is 0.311 e. The summed E-state index contributed by atoms with van der Waals surface area (Å²) in [6, 6.07) is 13.0. The van der Waals surface area contributed by atoms with Gasteiger partial charge in [0.2, 0.25) is 0 Å². The maximum absolute atomic E-state index is 11.7. The molecule has 0 bridgehead atoms. The molecule has 4 heteroatoms. The molecule has 0 aliphatic carbocycles. The topological polar surface area (TPSA) is 55.8 Å². The van der Waals surface area contributed by atoms with Crippen LogP contribution in [0.2, 0.25) is 0 Å². The van der Waals surface area contributed by atoms with Gasteiger partial charge in [0.1, 0.15) is 11.5 Å². The van der Waals surface area contributed by atoms with E-state index in [9.17, 15) is 9.90 Å². The Bertz CT molecular complexity index is 647. The first kappa shape index (κ1) is 15.9. The molecule has 1 N–H and O–H groups in total. The summed E-state index contributed by atoms with van der Waals surface area (Å²) in [7, 11) is 3.20. The Morgan fingerprint density at radius 2 is 1.64 bits per heavy atom. The molecule has 0 saturated heterocycles. The van der Waals surface area contributed by atoms with Gasteiger partial charge in [-0.05, 0) is 54.3 Å². The third-order valence-electron chi connectivity index (χ3n) is 3.75. The van der Waals surface area contributed by atoms with Gasteiger partial charge in [-0.25, -0.2) is 0 Å². The lowest BCUT2D eigenvalue weighted by molar-refractivity contribution is -0.138. The lowest BCUT2D eigenvalue weighted by Gasteiger charge is -2.16. The molecule has 2 aromatic carbocycles. The van der Waals surface area contributed by atoms with Crippen LogP contribution in [-0.2, 0) is 11.2 Å². The van der Waals surface area contributed by atoms with Crippen molar-refractivity contribution in [3.05, 3.63) is 59.2 Å². The van der Waals surface area contributed by atoms with E-state index in [4.69, 9.17) is 9.47 Å². The molecule has 0 fully saturated rings. The quantitative estimate of drug-likeness (QED) is 0.888. The molecule has 0 amide bonds. The Hall–Kier alpha value is -2.49. The number of carboxylic acids is 1. The van der Waals surface area contributed by atoms with E-state index in [2.05, 4.69) is 0 Å². The van der Waals surface area contributed by atoms with E-state index in [1.54, 1.807) is 20.3 Å². The number of carbonyl (C=O) groups is 1. The van der Waals surface area contributed by atoms with Gasteiger partial charge in [-0.2, -0.15) is 0 Å². The second-order valence-corrected chi connectivity index (χ2v) is 5.17. The van der Waals surface area contributed by atoms with Crippen LogP contribution >= 0.6 is 0 Å². The number of ether oxygens (including phenoxy) is 2. The number of methoxy groups -OCH3 is 2. The van der Waals surface area contributed by atoms with Gasteiger partial charge in [0, 0.05) is 0 Å². The van der Waals surface area contributed by atoms with Crippen LogP contribution in [0.5, 0.6) is 11.5 Å². The predicted octanol–water partition coefficient (Wildman–Crippen LogP) is 3.42. The maximum atomic E-state index is 11.7. The molecule has 0 radical (unpaired) electrons. The van der Waals surface area contributed by atoms with Crippen molar-refractivity contribution in [3.63, 3.8) is 0 Å². The lowest BCUT2D eigenvalue weighted by atomic mass is 9.89. The van der Waals surface area contributed by atoms with E-state index >= 15 is 0 Å². The van der Waals surface area contributed by atoms with Crippen LogP contribution in [0.3, 0.4) is 0 Å².